The van der Waals surface area contributed by atoms with Crippen molar-refractivity contribution >= 4 is 16.0 Å². The Hall–Kier alpha value is -0.660. The van der Waals surface area contributed by atoms with E-state index in [4.69, 9.17) is 5.11 Å². The van der Waals surface area contributed by atoms with Crippen LogP contribution < -0.4 is 4.72 Å². The van der Waals surface area contributed by atoms with Crippen LogP contribution in [0.5, 0.6) is 0 Å². The summed E-state index contributed by atoms with van der Waals surface area (Å²) in [5.41, 5.74) is 0. The minimum atomic E-state index is -3.78. The van der Waals surface area contributed by atoms with Crippen molar-refractivity contribution in [2.24, 2.45) is 0 Å². The van der Waals surface area contributed by atoms with Crippen molar-refractivity contribution in [2.75, 3.05) is 19.6 Å². The van der Waals surface area contributed by atoms with Crippen molar-refractivity contribution < 1.29 is 18.3 Å². The Morgan fingerprint density at radius 3 is 2.21 bits per heavy atom. The zero-order chi connectivity index (χ0) is 15.1. The van der Waals surface area contributed by atoms with Gasteiger partial charge < -0.3 is 10.0 Å². The molecule has 114 valence electrons. The number of nitrogens with zero attached hydrogens (tertiary/aromatic N) is 1. The molecule has 19 heavy (non-hydrogen) atoms. The average Bonchev–Trinajstić information content (AvgIpc) is 2.32. The number of carboxylic acid groups (broad SMARTS) is 1. The normalized spacial score (nSPS) is 15.4. The highest BCUT2D eigenvalue weighted by molar-refractivity contribution is 7.90. The number of hydrogen-bond donors (Lipinski definition) is 2. The Bertz CT molecular complexity index is 366. The van der Waals surface area contributed by atoms with Gasteiger partial charge in [0.1, 0.15) is 0 Å². The zero-order valence-corrected chi connectivity index (χ0v) is 13.0. The number of carboxylic acids is 1. The van der Waals surface area contributed by atoms with E-state index in [9.17, 15) is 13.2 Å². The molecule has 2 atom stereocenters. The molecule has 0 amide bonds. The van der Waals surface area contributed by atoms with E-state index in [1.54, 1.807) is 6.92 Å². The van der Waals surface area contributed by atoms with Crippen molar-refractivity contribution in [1.29, 1.82) is 0 Å². The van der Waals surface area contributed by atoms with E-state index in [0.29, 0.717) is 6.42 Å². The van der Waals surface area contributed by atoms with Gasteiger partial charge in [-0.05, 0) is 46.3 Å². The first-order valence-electron chi connectivity index (χ1n) is 6.70. The first kappa shape index (κ1) is 18.3. The van der Waals surface area contributed by atoms with Gasteiger partial charge in [-0.2, -0.15) is 0 Å². The largest absolute Gasteiger partial charge is 0.480 e. The Balaban J connectivity index is 4.17. The van der Waals surface area contributed by atoms with Crippen LogP contribution in [0.4, 0.5) is 0 Å². The predicted octanol–water partition coefficient (Wildman–Crippen LogP) is 0.889. The number of hydrogen-bond acceptors (Lipinski definition) is 4. The zero-order valence-electron chi connectivity index (χ0n) is 12.2. The molecule has 0 radical (unpaired) electrons. The molecule has 0 aliphatic carbocycles. The predicted molar refractivity (Wildman–Crippen MR) is 75.6 cm³/mol. The number of nitrogens with one attached hydrogen (secondary N) is 1. The van der Waals surface area contributed by atoms with Gasteiger partial charge in [-0.25, -0.2) is 13.1 Å². The smallest absolute Gasteiger partial charge is 0.323 e. The summed E-state index contributed by atoms with van der Waals surface area (Å²) in [5, 5.41) is 7.30. The van der Waals surface area contributed by atoms with Gasteiger partial charge >= 0.3 is 5.97 Å². The van der Waals surface area contributed by atoms with Gasteiger partial charge in [0.25, 0.3) is 0 Å². The van der Waals surface area contributed by atoms with Crippen LogP contribution in [-0.4, -0.2) is 55.3 Å². The first-order valence-corrected chi connectivity index (χ1v) is 8.25. The van der Waals surface area contributed by atoms with Crippen molar-refractivity contribution in [1.82, 2.24) is 9.62 Å². The summed E-state index contributed by atoms with van der Waals surface area (Å²) in [4.78, 5) is 12.9. The monoisotopic (exact) mass is 294 g/mol. The molecule has 0 fully saturated rings. The highest BCUT2D eigenvalue weighted by Crippen LogP contribution is 2.05. The van der Waals surface area contributed by atoms with Crippen LogP contribution in [-0.2, 0) is 14.8 Å². The molecular weight excluding hydrogens is 268 g/mol. The summed E-state index contributed by atoms with van der Waals surface area (Å²) in [6.07, 6.45) is 1.58. The molecule has 0 saturated heterocycles. The lowest BCUT2D eigenvalue weighted by Gasteiger charge is -2.20. The van der Waals surface area contributed by atoms with Gasteiger partial charge in [-0.1, -0.05) is 13.8 Å². The van der Waals surface area contributed by atoms with Gasteiger partial charge in [-0.15, -0.1) is 0 Å². The second kappa shape index (κ2) is 8.50. The van der Waals surface area contributed by atoms with E-state index in [2.05, 4.69) is 23.5 Å². The Kier molecular flexibility index (Phi) is 8.20. The Labute approximate surface area is 116 Å². The molecule has 0 aromatic carbocycles. The van der Waals surface area contributed by atoms with Gasteiger partial charge in [0, 0.05) is 6.04 Å². The summed E-state index contributed by atoms with van der Waals surface area (Å²) in [7, 11) is -3.78. The molecule has 2 N–H and O–H groups in total. The summed E-state index contributed by atoms with van der Waals surface area (Å²) < 4.78 is 25.8. The fourth-order valence-corrected chi connectivity index (χ4v) is 2.88. The van der Waals surface area contributed by atoms with Crippen molar-refractivity contribution in [2.45, 2.75) is 51.8 Å². The standard InChI is InChI=1S/C12H26N2O4S/c1-5-14(6-2)9-7-8-10(3)13-19(17,18)11(4)12(15)16/h10-11,13H,5-9H2,1-4H3,(H,15,16). The fourth-order valence-electron chi connectivity index (χ4n) is 1.74. The van der Waals surface area contributed by atoms with Crippen LogP contribution >= 0.6 is 0 Å². The molecule has 6 nitrogen and oxygen atoms in total. The second-order valence-electron chi connectivity index (χ2n) is 4.71. The van der Waals surface area contributed by atoms with Crippen LogP contribution in [0.25, 0.3) is 0 Å². The molecular formula is C12H26N2O4S. The topological polar surface area (TPSA) is 86.7 Å². The Morgan fingerprint density at radius 2 is 1.79 bits per heavy atom. The molecule has 0 aliphatic rings. The maximum Gasteiger partial charge on any atom is 0.323 e. The number of carbonyl (C=O) groups is 1. The second-order valence-corrected chi connectivity index (χ2v) is 6.75. The number of rotatable bonds is 10. The lowest BCUT2D eigenvalue weighted by molar-refractivity contribution is -0.136. The summed E-state index contributed by atoms with van der Waals surface area (Å²) >= 11 is 0. The van der Waals surface area contributed by atoms with Gasteiger partial charge in [0.05, 0.1) is 0 Å². The Morgan fingerprint density at radius 1 is 1.26 bits per heavy atom. The maximum absolute atomic E-state index is 11.7. The molecule has 2 unspecified atom stereocenters. The highest BCUT2D eigenvalue weighted by Gasteiger charge is 2.28. The van der Waals surface area contributed by atoms with Gasteiger partial charge in [0.15, 0.2) is 5.25 Å². The summed E-state index contributed by atoms with van der Waals surface area (Å²) in [6.45, 7) is 9.99. The van der Waals surface area contributed by atoms with Crippen LogP contribution in [0.1, 0.15) is 40.5 Å². The SMILES string of the molecule is CCN(CC)CCCC(C)NS(=O)(=O)C(C)C(=O)O. The van der Waals surface area contributed by atoms with Gasteiger partial charge in [-0.3, -0.25) is 4.79 Å². The lowest BCUT2D eigenvalue weighted by Crippen LogP contribution is -2.42. The van der Waals surface area contributed by atoms with Crippen LogP contribution in [0, 0.1) is 0 Å². The molecule has 0 aromatic rings. The quantitative estimate of drug-likeness (QED) is 0.625. The van der Waals surface area contributed by atoms with E-state index in [-0.39, 0.29) is 6.04 Å². The highest BCUT2D eigenvalue weighted by atomic mass is 32.2. The third-order valence-electron chi connectivity index (χ3n) is 3.18. The van der Waals surface area contributed by atoms with E-state index in [0.717, 1.165) is 26.1 Å². The molecule has 7 heteroatoms. The third-order valence-corrected chi connectivity index (χ3v) is 5.05. The molecule has 0 aromatic heterocycles. The molecule has 0 aliphatic heterocycles. The fraction of sp³-hybridized carbons (Fsp3) is 0.917. The van der Waals surface area contributed by atoms with E-state index in [1.165, 1.54) is 6.92 Å². The van der Waals surface area contributed by atoms with Crippen LogP contribution in [0.3, 0.4) is 0 Å². The molecule has 0 rings (SSSR count). The number of sulfonamides is 1. The minimum absolute atomic E-state index is 0.248. The molecule has 0 saturated carbocycles. The molecule has 0 heterocycles. The lowest BCUT2D eigenvalue weighted by atomic mass is 10.2. The van der Waals surface area contributed by atoms with E-state index < -0.39 is 21.2 Å². The third kappa shape index (κ3) is 6.89. The van der Waals surface area contributed by atoms with Crippen molar-refractivity contribution in [3.05, 3.63) is 0 Å². The summed E-state index contributed by atoms with van der Waals surface area (Å²) in [6, 6.07) is -0.248. The van der Waals surface area contributed by atoms with Crippen molar-refractivity contribution in [3.63, 3.8) is 0 Å². The number of aliphatic carboxylic acids is 1. The molecule has 0 bridgehead atoms. The van der Waals surface area contributed by atoms with E-state index >= 15 is 0 Å². The van der Waals surface area contributed by atoms with E-state index in [1.807, 2.05) is 0 Å². The summed E-state index contributed by atoms with van der Waals surface area (Å²) in [5.74, 6) is -1.33. The minimum Gasteiger partial charge on any atom is -0.480 e. The van der Waals surface area contributed by atoms with Gasteiger partial charge in [0.2, 0.25) is 10.0 Å². The van der Waals surface area contributed by atoms with Crippen LogP contribution in [0.15, 0.2) is 0 Å². The van der Waals surface area contributed by atoms with Crippen LogP contribution in [0.2, 0.25) is 0 Å². The van der Waals surface area contributed by atoms with Crippen molar-refractivity contribution in [3.8, 4) is 0 Å². The maximum atomic E-state index is 11.7. The average molecular weight is 294 g/mol. The molecule has 0 spiro atoms. The first-order chi connectivity index (χ1) is 8.74.